The predicted octanol–water partition coefficient (Wildman–Crippen LogP) is 4.60. The topological polar surface area (TPSA) is 93.8 Å². The number of carbonyl (C=O) groups is 1. The van der Waals surface area contributed by atoms with Gasteiger partial charge >= 0.3 is 0 Å². The molecule has 1 saturated heterocycles. The van der Waals surface area contributed by atoms with Crippen LogP contribution in [0.4, 0.5) is 5.69 Å². The molecule has 0 aliphatic carbocycles. The van der Waals surface area contributed by atoms with Gasteiger partial charge in [-0.25, -0.2) is 8.42 Å². The summed E-state index contributed by atoms with van der Waals surface area (Å²) in [4.78, 5) is 19.5. The molecule has 3 aromatic rings. The van der Waals surface area contributed by atoms with Gasteiger partial charge in [0.15, 0.2) is 0 Å². The van der Waals surface area contributed by atoms with E-state index in [2.05, 4.69) is 11.1 Å². The van der Waals surface area contributed by atoms with E-state index in [-0.39, 0.29) is 15.5 Å². The Morgan fingerprint density at radius 2 is 1.71 bits per heavy atom. The van der Waals surface area contributed by atoms with Gasteiger partial charge in [-0.15, -0.1) is 0 Å². The van der Waals surface area contributed by atoms with Crippen molar-refractivity contribution in [1.82, 2.24) is 4.31 Å². The van der Waals surface area contributed by atoms with Crippen molar-refractivity contribution in [2.75, 3.05) is 18.0 Å². The van der Waals surface area contributed by atoms with Gasteiger partial charge in [0.1, 0.15) is 10.7 Å². The van der Waals surface area contributed by atoms with Gasteiger partial charge in [-0.05, 0) is 60.9 Å². The van der Waals surface area contributed by atoms with Crippen LogP contribution in [-0.4, -0.2) is 37.6 Å². The smallest absolute Gasteiger partial charge is 0.279 e. The third-order valence-corrected chi connectivity index (χ3v) is 8.60. The van der Waals surface area contributed by atoms with E-state index in [1.807, 2.05) is 41.3 Å². The summed E-state index contributed by atoms with van der Waals surface area (Å²) in [6.07, 6.45) is 1.60. The quantitative estimate of drug-likeness (QED) is 0.517. The van der Waals surface area contributed by atoms with E-state index < -0.39 is 15.9 Å². The number of halogens is 1. The maximum atomic E-state index is 13.3. The minimum atomic E-state index is -3.80. The van der Waals surface area contributed by atoms with Crippen molar-refractivity contribution in [3.8, 4) is 6.07 Å². The summed E-state index contributed by atoms with van der Waals surface area (Å²) < 4.78 is 27.6. The first-order chi connectivity index (χ1) is 16.9. The van der Waals surface area contributed by atoms with Crippen LogP contribution in [0, 0.1) is 11.3 Å². The molecule has 0 atom stereocenters. The highest BCUT2D eigenvalue weighted by molar-refractivity contribution is 7.89. The first kappa shape index (κ1) is 23.2. The Hall–Kier alpha value is -3.51. The van der Waals surface area contributed by atoms with Crippen LogP contribution in [0.5, 0.6) is 0 Å². The molecule has 0 saturated carbocycles. The van der Waals surface area contributed by atoms with Gasteiger partial charge in [0.05, 0.1) is 23.2 Å². The van der Waals surface area contributed by atoms with Crippen LogP contribution in [0.1, 0.15) is 39.9 Å². The van der Waals surface area contributed by atoms with E-state index in [1.165, 1.54) is 22.5 Å². The van der Waals surface area contributed by atoms with E-state index in [0.29, 0.717) is 31.0 Å². The average molecular weight is 505 g/mol. The number of carbonyl (C=O) groups excluding carboxylic acids is 1. The van der Waals surface area contributed by atoms with Crippen molar-refractivity contribution in [1.29, 1.82) is 5.26 Å². The third kappa shape index (κ3) is 4.34. The van der Waals surface area contributed by atoms with E-state index in [1.54, 1.807) is 12.1 Å². The molecule has 3 aromatic carbocycles. The molecule has 176 valence electrons. The molecule has 1 fully saturated rings. The van der Waals surface area contributed by atoms with Crippen molar-refractivity contribution in [2.45, 2.75) is 24.3 Å². The molecule has 0 aromatic heterocycles. The molecule has 1 amide bonds. The number of benzene rings is 3. The number of fused-ring (bicyclic) bond motifs is 1. The molecular weight excluding hydrogens is 484 g/mol. The summed E-state index contributed by atoms with van der Waals surface area (Å²) in [5.74, 6) is -0.0981. The lowest BCUT2D eigenvalue weighted by molar-refractivity contribution is 0.100. The average Bonchev–Trinajstić information content (AvgIpc) is 3.54. The van der Waals surface area contributed by atoms with Crippen molar-refractivity contribution < 1.29 is 13.2 Å². The summed E-state index contributed by atoms with van der Waals surface area (Å²) in [7, 11) is -3.80. The normalized spacial score (nSPS) is 16.9. The van der Waals surface area contributed by atoms with Gasteiger partial charge in [0.2, 0.25) is 10.0 Å². The first-order valence-electron chi connectivity index (χ1n) is 11.2. The summed E-state index contributed by atoms with van der Waals surface area (Å²) in [6, 6.07) is 21.1. The van der Waals surface area contributed by atoms with Crippen molar-refractivity contribution in [2.24, 2.45) is 4.99 Å². The predicted molar refractivity (Wildman–Crippen MR) is 134 cm³/mol. The van der Waals surface area contributed by atoms with Gasteiger partial charge < -0.3 is 4.90 Å². The summed E-state index contributed by atoms with van der Waals surface area (Å²) in [5.41, 5.74) is 3.30. The highest BCUT2D eigenvalue weighted by atomic mass is 35.5. The SMILES string of the molecule is N#Cc1ccc(N2Cc3ccccc3C2=NC(=O)c2ccc(Cl)c(S(=O)(=O)N3CCCC3)c2)cc1. The van der Waals surface area contributed by atoms with Crippen LogP contribution in [0.2, 0.25) is 5.02 Å². The molecule has 5 rings (SSSR count). The Kier molecular flexibility index (Phi) is 6.15. The molecule has 2 aliphatic rings. The highest BCUT2D eigenvalue weighted by Gasteiger charge is 2.31. The van der Waals surface area contributed by atoms with Crippen LogP contribution in [0.3, 0.4) is 0 Å². The van der Waals surface area contributed by atoms with Crippen molar-refractivity contribution >= 4 is 39.1 Å². The molecule has 0 unspecified atom stereocenters. The second-order valence-electron chi connectivity index (χ2n) is 8.40. The standard InChI is InChI=1S/C26H21ClN4O3S/c27-23-12-9-19(15-24(23)35(33,34)30-13-3-4-14-30)26(32)29-25-22-6-2-1-5-20(22)17-31(25)21-10-7-18(16-28)8-11-21/h1-2,5-12,15H,3-4,13-14,17H2. The number of anilines is 1. The van der Waals surface area contributed by atoms with Gasteiger partial charge in [-0.2, -0.15) is 14.6 Å². The molecule has 2 heterocycles. The van der Waals surface area contributed by atoms with Gasteiger partial charge in [-0.3, -0.25) is 4.79 Å². The summed E-state index contributed by atoms with van der Waals surface area (Å²) in [5, 5.41) is 9.19. The van der Waals surface area contributed by atoms with Crippen LogP contribution in [-0.2, 0) is 16.6 Å². The van der Waals surface area contributed by atoms with Crippen LogP contribution in [0.15, 0.2) is 76.6 Å². The fourth-order valence-electron chi connectivity index (χ4n) is 4.38. The Morgan fingerprint density at radius 3 is 2.43 bits per heavy atom. The number of amides is 1. The van der Waals surface area contributed by atoms with Gasteiger partial charge in [-0.1, -0.05) is 35.9 Å². The van der Waals surface area contributed by atoms with Crippen LogP contribution >= 0.6 is 11.6 Å². The molecule has 2 aliphatic heterocycles. The lowest BCUT2D eigenvalue weighted by atomic mass is 10.1. The van der Waals surface area contributed by atoms with E-state index in [9.17, 15) is 13.2 Å². The van der Waals surface area contributed by atoms with Gasteiger partial charge in [0, 0.05) is 29.9 Å². The molecule has 0 spiro atoms. The zero-order valence-electron chi connectivity index (χ0n) is 18.7. The first-order valence-corrected chi connectivity index (χ1v) is 13.0. The Balaban J connectivity index is 1.54. The number of aliphatic imine (C=N–C) groups is 1. The number of sulfonamides is 1. The number of amidine groups is 1. The van der Waals surface area contributed by atoms with Gasteiger partial charge in [0.25, 0.3) is 5.91 Å². The second kappa shape index (κ2) is 9.27. The maximum Gasteiger partial charge on any atom is 0.279 e. The molecule has 0 radical (unpaired) electrons. The second-order valence-corrected chi connectivity index (χ2v) is 10.7. The number of hydrogen-bond donors (Lipinski definition) is 0. The Morgan fingerprint density at radius 1 is 1.00 bits per heavy atom. The summed E-state index contributed by atoms with van der Waals surface area (Å²) in [6.45, 7) is 1.40. The minimum Gasteiger partial charge on any atom is -0.321 e. The van der Waals surface area contributed by atoms with Crippen molar-refractivity contribution in [3.63, 3.8) is 0 Å². The monoisotopic (exact) mass is 504 g/mol. The molecule has 9 heteroatoms. The Labute approximate surface area is 208 Å². The fourth-order valence-corrected chi connectivity index (χ4v) is 6.40. The molecule has 0 bridgehead atoms. The maximum absolute atomic E-state index is 13.3. The number of rotatable bonds is 4. The fraction of sp³-hybridized carbons (Fsp3) is 0.192. The minimum absolute atomic E-state index is 0.0755. The van der Waals surface area contributed by atoms with E-state index in [0.717, 1.165) is 29.7 Å². The largest absolute Gasteiger partial charge is 0.321 e. The summed E-state index contributed by atoms with van der Waals surface area (Å²) >= 11 is 6.24. The van der Waals surface area contributed by atoms with Crippen molar-refractivity contribution in [3.05, 3.63) is 94.0 Å². The van der Waals surface area contributed by atoms with Crippen LogP contribution in [0.25, 0.3) is 0 Å². The molecule has 0 N–H and O–H groups in total. The number of nitriles is 1. The third-order valence-electron chi connectivity index (χ3n) is 6.22. The highest BCUT2D eigenvalue weighted by Crippen LogP contribution is 2.31. The lowest BCUT2D eigenvalue weighted by Gasteiger charge is -2.19. The zero-order valence-corrected chi connectivity index (χ0v) is 20.3. The molecule has 35 heavy (non-hydrogen) atoms. The van der Waals surface area contributed by atoms with E-state index >= 15 is 0 Å². The zero-order chi connectivity index (χ0) is 24.6. The Bertz CT molecular complexity index is 1490. The number of nitrogens with zero attached hydrogens (tertiary/aromatic N) is 4. The lowest BCUT2D eigenvalue weighted by Crippen LogP contribution is -2.28. The molecule has 7 nitrogen and oxygen atoms in total. The van der Waals surface area contributed by atoms with Crippen LogP contribution < -0.4 is 4.90 Å². The molecular formula is C26H21ClN4O3S. The van der Waals surface area contributed by atoms with E-state index in [4.69, 9.17) is 16.9 Å². The number of hydrogen-bond acceptors (Lipinski definition) is 4.